The van der Waals surface area contributed by atoms with Gasteiger partial charge >= 0.3 is 0 Å². The highest BCUT2D eigenvalue weighted by Crippen LogP contribution is 2.03. The SMILES string of the molecule is C[N+](C)(CI)CCCI. The van der Waals surface area contributed by atoms with Gasteiger partial charge in [-0.2, -0.15) is 0 Å². The van der Waals surface area contributed by atoms with Gasteiger partial charge in [0.1, 0.15) is 4.55 Å². The van der Waals surface area contributed by atoms with Crippen molar-refractivity contribution in [3.63, 3.8) is 0 Å². The molecule has 0 fully saturated rings. The monoisotopic (exact) mass is 354 g/mol. The standard InChI is InChI=1S/C6H14I2N/c1-9(2,6-8)5-3-4-7/h3-6H2,1-2H3/q+1. The Hall–Kier alpha value is 1.42. The van der Waals surface area contributed by atoms with E-state index in [0.29, 0.717) is 0 Å². The van der Waals surface area contributed by atoms with E-state index in [1.807, 2.05) is 0 Å². The molecule has 0 saturated heterocycles. The van der Waals surface area contributed by atoms with E-state index < -0.39 is 0 Å². The Morgan fingerprint density at radius 3 is 2.11 bits per heavy atom. The molecule has 0 aromatic carbocycles. The zero-order valence-electron chi connectivity index (χ0n) is 6.03. The van der Waals surface area contributed by atoms with Gasteiger partial charge in [-0.15, -0.1) is 0 Å². The van der Waals surface area contributed by atoms with Crippen molar-refractivity contribution in [1.29, 1.82) is 0 Å². The van der Waals surface area contributed by atoms with Crippen LogP contribution in [0.1, 0.15) is 6.42 Å². The minimum Gasteiger partial charge on any atom is -0.320 e. The van der Waals surface area contributed by atoms with E-state index in [-0.39, 0.29) is 0 Å². The molecule has 0 heterocycles. The quantitative estimate of drug-likeness (QED) is 0.315. The zero-order valence-corrected chi connectivity index (χ0v) is 10.3. The van der Waals surface area contributed by atoms with Crippen molar-refractivity contribution in [2.75, 3.05) is 29.6 Å². The number of hydrogen-bond acceptors (Lipinski definition) is 0. The largest absolute Gasteiger partial charge is 0.320 e. The lowest BCUT2D eigenvalue weighted by Gasteiger charge is -2.26. The molecule has 0 rings (SSSR count). The number of alkyl halides is 2. The lowest BCUT2D eigenvalue weighted by atomic mass is 10.4. The highest BCUT2D eigenvalue weighted by atomic mass is 127. The van der Waals surface area contributed by atoms with Gasteiger partial charge in [-0.3, -0.25) is 0 Å². The third-order valence-electron chi connectivity index (χ3n) is 1.22. The first-order valence-corrected chi connectivity index (χ1v) is 6.11. The predicted octanol–water partition coefficient (Wildman–Crippen LogP) is 2.28. The molecule has 9 heavy (non-hydrogen) atoms. The fourth-order valence-corrected chi connectivity index (χ4v) is 1.23. The van der Waals surface area contributed by atoms with E-state index >= 15 is 0 Å². The molecule has 0 radical (unpaired) electrons. The summed E-state index contributed by atoms with van der Waals surface area (Å²) in [4.78, 5) is 0. The van der Waals surface area contributed by atoms with E-state index in [0.717, 1.165) is 4.48 Å². The van der Waals surface area contributed by atoms with Crippen molar-refractivity contribution < 1.29 is 4.48 Å². The van der Waals surface area contributed by atoms with Gasteiger partial charge in [0.15, 0.2) is 0 Å². The maximum absolute atomic E-state index is 2.44. The average molecular weight is 354 g/mol. The number of hydrogen-bond donors (Lipinski definition) is 0. The Bertz CT molecular complexity index is 73.5. The van der Waals surface area contributed by atoms with E-state index in [1.165, 1.54) is 21.9 Å². The second-order valence-corrected chi connectivity index (χ2v) is 4.58. The van der Waals surface area contributed by atoms with Crippen LogP contribution in [-0.2, 0) is 0 Å². The normalized spacial score (nSPS) is 12.0. The highest BCUT2D eigenvalue weighted by molar-refractivity contribution is 14.1. The van der Waals surface area contributed by atoms with Crippen molar-refractivity contribution in [2.24, 2.45) is 0 Å². The average Bonchev–Trinajstić information content (AvgIpc) is 1.84. The maximum atomic E-state index is 2.44. The number of nitrogens with zero attached hydrogens (tertiary/aromatic N) is 1. The van der Waals surface area contributed by atoms with Crippen LogP contribution < -0.4 is 0 Å². The Kier molecular flexibility index (Phi) is 5.93. The van der Waals surface area contributed by atoms with Crippen LogP contribution in [0.25, 0.3) is 0 Å². The van der Waals surface area contributed by atoms with Crippen LogP contribution in [-0.4, -0.2) is 34.1 Å². The minimum absolute atomic E-state index is 1.16. The summed E-state index contributed by atoms with van der Waals surface area (Å²) < 4.78 is 3.66. The Balaban J connectivity index is 3.33. The van der Waals surface area contributed by atoms with Crippen molar-refractivity contribution in [1.82, 2.24) is 0 Å². The van der Waals surface area contributed by atoms with Crippen molar-refractivity contribution in [3.05, 3.63) is 0 Å². The third-order valence-corrected chi connectivity index (χ3v) is 3.83. The summed E-state index contributed by atoms with van der Waals surface area (Å²) in [5, 5.41) is 0. The molecule has 0 N–H and O–H groups in total. The maximum Gasteiger partial charge on any atom is 0.129 e. The zero-order chi connectivity index (χ0) is 7.33. The number of quaternary nitrogens is 1. The molecule has 0 aromatic rings. The van der Waals surface area contributed by atoms with Crippen LogP contribution in [0.3, 0.4) is 0 Å². The highest BCUT2D eigenvalue weighted by Gasteiger charge is 2.10. The summed E-state index contributed by atoms with van der Waals surface area (Å²) in [5.41, 5.74) is 0. The predicted molar refractivity (Wildman–Crippen MR) is 59.4 cm³/mol. The molecule has 0 spiro atoms. The first-order chi connectivity index (χ1) is 4.12. The molecular weight excluding hydrogens is 340 g/mol. The van der Waals surface area contributed by atoms with Gasteiger partial charge in [0.05, 0.1) is 20.6 Å². The van der Waals surface area contributed by atoms with E-state index in [9.17, 15) is 0 Å². The topological polar surface area (TPSA) is 0 Å². The number of halogens is 2. The molecule has 1 nitrogen and oxygen atoms in total. The molecule has 0 aliphatic rings. The van der Waals surface area contributed by atoms with Crippen LogP contribution in [0.2, 0.25) is 0 Å². The first-order valence-electron chi connectivity index (χ1n) is 3.06. The van der Waals surface area contributed by atoms with Crippen LogP contribution >= 0.6 is 45.2 Å². The summed E-state index contributed by atoms with van der Waals surface area (Å²) in [6.45, 7) is 1.31. The Morgan fingerprint density at radius 2 is 1.78 bits per heavy atom. The summed E-state index contributed by atoms with van der Waals surface area (Å²) in [5.74, 6) is 0. The summed E-state index contributed by atoms with van der Waals surface area (Å²) >= 11 is 4.87. The molecule has 0 saturated carbocycles. The summed E-state index contributed by atoms with van der Waals surface area (Å²) in [6.07, 6.45) is 1.34. The molecule has 0 aliphatic heterocycles. The molecule has 0 aliphatic carbocycles. The number of rotatable bonds is 4. The smallest absolute Gasteiger partial charge is 0.129 e. The van der Waals surface area contributed by atoms with Gasteiger partial charge in [-0.1, -0.05) is 22.6 Å². The van der Waals surface area contributed by atoms with Gasteiger partial charge < -0.3 is 4.48 Å². The van der Waals surface area contributed by atoms with Gasteiger partial charge in [0.2, 0.25) is 0 Å². The molecule has 0 bridgehead atoms. The Morgan fingerprint density at radius 1 is 1.22 bits per heavy atom. The van der Waals surface area contributed by atoms with Gasteiger partial charge in [-0.25, -0.2) is 0 Å². The van der Waals surface area contributed by atoms with Gasteiger partial charge in [-0.05, 0) is 22.6 Å². The molecule has 56 valence electrons. The van der Waals surface area contributed by atoms with E-state index in [2.05, 4.69) is 59.3 Å². The first kappa shape index (κ1) is 10.4. The van der Waals surface area contributed by atoms with Gasteiger partial charge in [0, 0.05) is 10.8 Å². The fraction of sp³-hybridized carbons (Fsp3) is 1.00. The summed E-state index contributed by atoms with van der Waals surface area (Å²) in [7, 11) is 4.55. The third kappa shape index (κ3) is 5.84. The van der Waals surface area contributed by atoms with Crippen LogP contribution in [0.5, 0.6) is 0 Å². The molecular formula is C6H14I2N+. The molecule has 3 heteroatoms. The van der Waals surface area contributed by atoms with Crippen molar-refractivity contribution in [2.45, 2.75) is 6.42 Å². The molecule has 0 amide bonds. The second-order valence-electron chi connectivity index (χ2n) is 2.82. The lowest BCUT2D eigenvalue weighted by Crippen LogP contribution is -2.38. The van der Waals surface area contributed by atoms with Crippen LogP contribution in [0.4, 0.5) is 0 Å². The lowest BCUT2D eigenvalue weighted by molar-refractivity contribution is -0.874. The van der Waals surface area contributed by atoms with Gasteiger partial charge in [0.25, 0.3) is 0 Å². The van der Waals surface area contributed by atoms with Crippen molar-refractivity contribution in [3.8, 4) is 0 Å². The molecule has 0 unspecified atom stereocenters. The van der Waals surface area contributed by atoms with Crippen molar-refractivity contribution >= 4 is 45.2 Å². The van der Waals surface area contributed by atoms with Crippen LogP contribution in [0, 0.1) is 0 Å². The molecule has 0 atom stereocenters. The van der Waals surface area contributed by atoms with E-state index in [4.69, 9.17) is 0 Å². The van der Waals surface area contributed by atoms with E-state index in [1.54, 1.807) is 0 Å². The Labute approximate surface area is 85.1 Å². The second kappa shape index (κ2) is 5.12. The fourth-order valence-electron chi connectivity index (χ4n) is 0.548. The molecule has 0 aromatic heterocycles. The summed E-state index contributed by atoms with van der Waals surface area (Å²) in [6, 6.07) is 0. The minimum atomic E-state index is 1.16. The van der Waals surface area contributed by atoms with Crippen LogP contribution in [0.15, 0.2) is 0 Å².